The summed E-state index contributed by atoms with van der Waals surface area (Å²) >= 11 is 0. The maximum Gasteiger partial charge on any atom is 0.306 e. The molecule has 2 fully saturated rings. The zero-order valence-corrected chi connectivity index (χ0v) is 15.9. The number of carbonyl (C=O) groups excluding carboxylic acids is 1. The van der Waals surface area contributed by atoms with Crippen molar-refractivity contribution in [1.82, 2.24) is 4.98 Å². The van der Waals surface area contributed by atoms with Crippen LogP contribution in [-0.4, -0.2) is 35.8 Å². The Morgan fingerprint density at radius 3 is 2.93 bits per heavy atom. The van der Waals surface area contributed by atoms with Crippen molar-refractivity contribution in [2.75, 3.05) is 6.61 Å². The number of amidine groups is 1. The van der Waals surface area contributed by atoms with Gasteiger partial charge in [0.1, 0.15) is 24.9 Å². The molecule has 2 unspecified atom stereocenters. The molecule has 1 aliphatic heterocycles. The second kappa shape index (κ2) is 9.02. The van der Waals surface area contributed by atoms with Gasteiger partial charge in [-0.3, -0.25) is 10.2 Å². The minimum atomic E-state index is -1.12. The summed E-state index contributed by atoms with van der Waals surface area (Å²) in [6, 6.07) is 5.69. The second-order valence-electron chi connectivity index (χ2n) is 7.54. The summed E-state index contributed by atoms with van der Waals surface area (Å²) in [6.07, 6.45) is 8.01. The molecule has 1 saturated heterocycles. The van der Waals surface area contributed by atoms with Crippen LogP contribution in [0.15, 0.2) is 17.1 Å². The molecule has 2 atom stereocenters. The number of carbonyl (C=O) groups is 1. The van der Waals surface area contributed by atoms with E-state index >= 15 is 0 Å². The highest BCUT2D eigenvalue weighted by molar-refractivity contribution is 5.99. The molecule has 2 aliphatic rings. The second-order valence-corrected chi connectivity index (χ2v) is 7.54. The van der Waals surface area contributed by atoms with Crippen LogP contribution < -0.4 is 5.73 Å². The fraction of sp³-hybridized carbons (Fsp3) is 0.600. The zero-order chi connectivity index (χ0) is 20.0. The monoisotopic (exact) mass is 385 g/mol. The van der Waals surface area contributed by atoms with Crippen molar-refractivity contribution in [1.29, 1.82) is 10.7 Å². The van der Waals surface area contributed by atoms with Gasteiger partial charge in [-0.25, -0.2) is 4.99 Å². The van der Waals surface area contributed by atoms with Gasteiger partial charge in [0.15, 0.2) is 5.60 Å². The van der Waals surface area contributed by atoms with E-state index < -0.39 is 5.60 Å². The molecule has 1 aromatic heterocycles. The van der Waals surface area contributed by atoms with E-state index in [-0.39, 0.29) is 24.5 Å². The van der Waals surface area contributed by atoms with E-state index in [0.717, 1.165) is 19.2 Å². The van der Waals surface area contributed by atoms with E-state index in [2.05, 4.69) is 16.0 Å². The molecule has 1 aliphatic carbocycles. The number of esters is 1. The smallest absolute Gasteiger partial charge is 0.306 e. The van der Waals surface area contributed by atoms with E-state index in [0.29, 0.717) is 36.6 Å². The van der Waals surface area contributed by atoms with Crippen molar-refractivity contribution < 1.29 is 14.3 Å². The van der Waals surface area contributed by atoms with Gasteiger partial charge in [-0.05, 0) is 43.7 Å². The van der Waals surface area contributed by atoms with Crippen molar-refractivity contribution in [3.05, 3.63) is 23.5 Å². The summed E-state index contributed by atoms with van der Waals surface area (Å²) in [6.45, 7) is 0.167. The minimum absolute atomic E-state index is 0.167. The van der Waals surface area contributed by atoms with Gasteiger partial charge in [-0.2, -0.15) is 5.26 Å². The normalized spacial score (nSPS) is 26.0. The number of aromatic amines is 1. The number of aromatic nitrogens is 1. The number of hydrogen-bond donors (Lipinski definition) is 3. The summed E-state index contributed by atoms with van der Waals surface area (Å²) in [4.78, 5) is 18.9. The molecule has 4 N–H and O–H groups in total. The third-order valence-electron chi connectivity index (χ3n) is 5.58. The van der Waals surface area contributed by atoms with Crippen molar-refractivity contribution >= 4 is 18.1 Å². The van der Waals surface area contributed by atoms with Crippen molar-refractivity contribution in [2.45, 2.75) is 63.1 Å². The van der Waals surface area contributed by atoms with E-state index in [1.165, 1.54) is 19.3 Å². The van der Waals surface area contributed by atoms with Crippen LogP contribution in [0.4, 0.5) is 0 Å². The van der Waals surface area contributed by atoms with Crippen molar-refractivity contribution in [3.8, 4) is 6.07 Å². The van der Waals surface area contributed by atoms with Crippen LogP contribution in [0.1, 0.15) is 62.8 Å². The SMILES string of the molecule is N#CC1(c2ccc(C(N)=NC=N)[nH]2)CCC(COC(=O)CC2CCCCC2)O1. The number of aliphatic imine (C=N–C) groups is 1. The Bertz CT molecular complexity index is 775. The highest BCUT2D eigenvalue weighted by atomic mass is 16.6. The van der Waals surface area contributed by atoms with Crippen LogP contribution in [0, 0.1) is 22.7 Å². The Morgan fingerprint density at radius 1 is 1.43 bits per heavy atom. The summed E-state index contributed by atoms with van der Waals surface area (Å²) in [7, 11) is 0. The predicted molar refractivity (Wildman–Crippen MR) is 104 cm³/mol. The Morgan fingerprint density at radius 2 is 2.21 bits per heavy atom. The molecule has 0 radical (unpaired) electrons. The number of hydrogen-bond acceptors (Lipinski definition) is 5. The number of nitrogens with two attached hydrogens (primary N) is 1. The molecule has 8 heteroatoms. The maximum atomic E-state index is 12.1. The van der Waals surface area contributed by atoms with Crippen LogP contribution in [0.25, 0.3) is 0 Å². The van der Waals surface area contributed by atoms with Crippen LogP contribution in [-0.2, 0) is 19.9 Å². The molecule has 0 bridgehead atoms. The molecule has 1 saturated carbocycles. The first kappa shape index (κ1) is 20.1. The summed E-state index contributed by atoms with van der Waals surface area (Å²) in [5.41, 5.74) is 5.77. The van der Waals surface area contributed by atoms with Gasteiger partial charge in [0.25, 0.3) is 0 Å². The standard InChI is InChI=1S/C20H27N5O3/c21-12-20(17-7-6-16(25-17)19(23)24-13-22)9-8-15(28-20)11-27-18(26)10-14-4-2-1-3-5-14/h6-7,13-15,25H,1-5,8-11H2,(H3,22,23,24). The molecule has 8 nitrogen and oxygen atoms in total. The molecular formula is C20H27N5O3. The number of ether oxygens (including phenoxy) is 2. The quantitative estimate of drug-likeness (QED) is 0.376. The molecule has 3 rings (SSSR count). The lowest BCUT2D eigenvalue weighted by Gasteiger charge is -2.22. The Balaban J connectivity index is 1.55. The van der Waals surface area contributed by atoms with E-state index in [1.54, 1.807) is 12.1 Å². The number of nitrogens with one attached hydrogen (secondary N) is 2. The van der Waals surface area contributed by atoms with Gasteiger partial charge < -0.3 is 20.2 Å². The van der Waals surface area contributed by atoms with Gasteiger partial charge in [0.05, 0.1) is 17.5 Å². The zero-order valence-electron chi connectivity index (χ0n) is 15.9. The number of nitriles is 1. The first-order valence-electron chi connectivity index (χ1n) is 9.83. The maximum absolute atomic E-state index is 12.1. The average Bonchev–Trinajstić information content (AvgIpc) is 3.36. The molecule has 1 aromatic rings. The Labute approximate surface area is 164 Å². The summed E-state index contributed by atoms with van der Waals surface area (Å²) in [5, 5.41) is 16.7. The molecule has 0 amide bonds. The predicted octanol–water partition coefficient (Wildman–Crippen LogP) is 2.74. The first-order chi connectivity index (χ1) is 13.6. The van der Waals surface area contributed by atoms with Gasteiger partial charge in [0.2, 0.25) is 0 Å². The van der Waals surface area contributed by atoms with E-state index in [1.807, 2.05) is 0 Å². The summed E-state index contributed by atoms with van der Waals surface area (Å²) in [5.74, 6) is 0.428. The van der Waals surface area contributed by atoms with E-state index in [4.69, 9.17) is 20.6 Å². The fourth-order valence-corrected chi connectivity index (χ4v) is 4.02. The highest BCUT2D eigenvalue weighted by Gasteiger charge is 2.43. The third kappa shape index (κ3) is 4.60. The largest absolute Gasteiger partial charge is 0.463 e. The van der Waals surface area contributed by atoms with E-state index in [9.17, 15) is 10.1 Å². The third-order valence-corrected chi connectivity index (χ3v) is 5.58. The molecule has 28 heavy (non-hydrogen) atoms. The van der Waals surface area contributed by atoms with Gasteiger partial charge >= 0.3 is 5.97 Å². The molecule has 2 heterocycles. The van der Waals surface area contributed by atoms with Gasteiger partial charge in [0, 0.05) is 6.42 Å². The molecule has 0 aromatic carbocycles. The lowest BCUT2D eigenvalue weighted by atomic mass is 9.87. The van der Waals surface area contributed by atoms with Crippen LogP contribution in [0.5, 0.6) is 0 Å². The fourth-order valence-electron chi connectivity index (χ4n) is 4.02. The molecule has 0 spiro atoms. The Hall–Kier alpha value is -2.66. The van der Waals surface area contributed by atoms with Gasteiger partial charge in [-0.1, -0.05) is 19.3 Å². The van der Waals surface area contributed by atoms with Crippen molar-refractivity contribution in [3.63, 3.8) is 0 Å². The Kier molecular flexibility index (Phi) is 6.47. The topological polar surface area (TPSA) is 137 Å². The molecule has 150 valence electrons. The lowest BCUT2D eigenvalue weighted by Crippen LogP contribution is -2.28. The van der Waals surface area contributed by atoms with Gasteiger partial charge in [-0.15, -0.1) is 0 Å². The lowest BCUT2D eigenvalue weighted by molar-refractivity contribution is -0.150. The highest BCUT2D eigenvalue weighted by Crippen LogP contribution is 2.38. The number of rotatable bonds is 7. The summed E-state index contributed by atoms with van der Waals surface area (Å²) < 4.78 is 11.4. The van der Waals surface area contributed by atoms with Crippen LogP contribution >= 0.6 is 0 Å². The van der Waals surface area contributed by atoms with Crippen LogP contribution in [0.3, 0.4) is 0 Å². The first-order valence-corrected chi connectivity index (χ1v) is 9.83. The van der Waals surface area contributed by atoms with Crippen LogP contribution in [0.2, 0.25) is 0 Å². The molecular weight excluding hydrogens is 358 g/mol. The number of nitrogens with zero attached hydrogens (tertiary/aromatic N) is 2. The number of H-pyrrole nitrogens is 1. The minimum Gasteiger partial charge on any atom is -0.463 e. The average molecular weight is 385 g/mol. The van der Waals surface area contributed by atoms with Crippen molar-refractivity contribution in [2.24, 2.45) is 16.6 Å².